The van der Waals surface area contributed by atoms with Gasteiger partial charge in [-0.25, -0.2) is 13.6 Å². The number of nitrogens with two attached hydrogens (primary N) is 1. The first-order valence-corrected chi connectivity index (χ1v) is 7.25. The van der Waals surface area contributed by atoms with Gasteiger partial charge in [-0.3, -0.25) is 0 Å². The van der Waals surface area contributed by atoms with E-state index in [-0.39, 0.29) is 11.2 Å². The van der Waals surface area contributed by atoms with Crippen molar-refractivity contribution in [3.05, 3.63) is 29.8 Å². The minimum Gasteiger partial charge on any atom is -0.384 e. The van der Waals surface area contributed by atoms with E-state index >= 15 is 0 Å². The normalized spacial score (nSPS) is 12.5. The number of hydrogen-bond acceptors (Lipinski definition) is 3. The van der Waals surface area contributed by atoms with Gasteiger partial charge in [0.1, 0.15) is 0 Å². The Bertz CT molecular complexity index is 476. The third-order valence-corrected chi connectivity index (χ3v) is 3.21. The van der Waals surface area contributed by atoms with Crippen molar-refractivity contribution in [3.63, 3.8) is 0 Å². The summed E-state index contributed by atoms with van der Waals surface area (Å²) in [6, 6.07) is 7.89. The average molecular weight is 256 g/mol. The smallest absolute Gasteiger partial charge is 0.210 e. The molecule has 5 heteroatoms. The van der Waals surface area contributed by atoms with Gasteiger partial charge in [0, 0.05) is 12.2 Å². The number of para-hydroxylation sites is 1. The van der Waals surface area contributed by atoms with E-state index < -0.39 is 10.0 Å². The van der Waals surface area contributed by atoms with Crippen LogP contribution in [0.15, 0.2) is 24.3 Å². The molecule has 0 atom stereocenters. The van der Waals surface area contributed by atoms with E-state index in [9.17, 15) is 8.42 Å². The molecule has 0 bridgehead atoms. The van der Waals surface area contributed by atoms with Gasteiger partial charge in [-0.15, -0.1) is 0 Å². The van der Waals surface area contributed by atoms with Gasteiger partial charge in [-0.05, 0) is 17.0 Å². The molecule has 0 spiro atoms. The van der Waals surface area contributed by atoms with Crippen LogP contribution in [0.3, 0.4) is 0 Å². The van der Waals surface area contributed by atoms with Crippen molar-refractivity contribution in [1.82, 2.24) is 0 Å². The Hall–Kier alpha value is -1.07. The van der Waals surface area contributed by atoms with Crippen LogP contribution in [-0.2, 0) is 15.4 Å². The van der Waals surface area contributed by atoms with Crippen molar-refractivity contribution in [2.45, 2.75) is 26.2 Å². The largest absolute Gasteiger partial charge is 0.384 e. The molecule has 0 amide bonds. The summed E-state index contributed by atoms with van der Waals surface area (Å²) in [7, 11) is -3.41. The first-order chi connectivity index (χ1) is 7.70. The zero-order chi connectivity index (χ0) is 13.1. The molecule has 0 saturated heterocycles. The van der Waals surface area contributed by atoms with Crippen molar-refractivity contribution in [3.8, 4) is 0 Å². The summed E-state index contributed by atoms with van der Waals surface area (Å²) < 4.78 is 21.7. The van der Waals surface area contributed by atoms with Crippen molar-refractivity contribution in [1.29, 1.82) is 0 Å². The zero-order valence-electron chi connectivity index (χ0n) is 10.5. The van der Waals surface area contributed by atoms with Crippen LogP contribution in [0.5, 0.6) is 0 Å². The van der Waals surface area contributed by atoms with Gasteiger partial charge in [0.15, 0.2) is 0 Å². The highest BCUT2D eigenvalue weighted by atomic mass is 32.2. The maximum Gasteiger partial charge on any atom is 0.210 e. The van der Waals surface area contributed by atoms with Crippen LogP contribution >= 0.6 is 0 Å². The highest BCUT2D eigenvalue weighted by molar-refractivity contribution is 7.89. The van der Waals surface area contributed by atoms with Crippen molar-refractivity contribution >= 4 is 15.7 Å². The van der Waals surface area contributed by atoms with Crippen LogP contribution < -0.4 is 10.5 Å². The van der Waals surface area contributed by atoms with Crippen LogP contribution in [0.25, 0.3) is 0 Å². The molecule has 0 saturated carbocycles. The van der Waals surface area contributed by atoms with E-state index in [1.54, 1.807) is 0 Å². The fourth-order valence-corrected chi connectivity index (χ4v) is 2.01. The molecule has 4 nitrogen and oxygen atoms in total. The second-order valence-corrected chi connectivity index (χ2v) is 6.82. The Morgan fingerprint density at radius 1 is 1.24 bits per heavy atom. The standard InChI is InChI=1S/C12H20N2O2S/c1-12(2,3)10-6-4-5-7-11(10)14-8-9-17(13,15)16/h4-7,14H,8-9H2,1-3H3,(H2,13,15,16). The topological polar surface area (TPSA) is 72.2 Å². The highest BCUT2D eigenvalue weighted by Crippen LogP contribution is 2.28. The summed E-state index contributed by atoms with van der Waals surface area (Å²) in [5, 5.41) is 8.07. The molecular formula is C12H20N2O2S. The highest BCUT2D eigenvalue weighted by Gasteiger charge is 2.17. The number of sulfonamides is 1. The summed E-state index contributed by atoms with van der Waals surface area (Å²) in [6.45, 7) is 6.68. The molecule has 1 aromatic rings. The number of anilines is 1. The minimum atomic E-state index is -3.41. The molecule has 3 N–H and O–H groups in total. The minimum absolute atomic E-state index is 0.0190. The van der Waals surface area contributed by atoms with Gasteiger partial charge in [-0.1, -0.05) is 39.0 Å². The van der Waals surface area contributed by atoms with E-state index in [1.165, 1.54) is 0 Å². The summed E-state index contributed by atoms with van der Waals surface area (Å²) in [4.78, 5) is 0. The Labute approximate surface area is 103 Å². The Morgan fingerprint density at radius 2 is 1.82 bits per heavy atom. The molecule has 0 heterocycles. The van der Waals surface area contributed by atoms with Gasteiger partial charge in [0.05, 0.1) is 5.75 Å². The third kappa shape index (κ3) is 4.75. The van der Waals surface area contributed by atoms with Crippen LogP contribution in [0, 0.1) is 0 Å². The number of rotatable bonds is 4. The fourth-order valence-electron chi connectivity index (χ4n) is 1.62. The molecule has 1 aromatic carbocycles. The van der Waals surface area contributed by atoms with Crippen molar-refractivity contribution in [2.75, 3.05) is 17.6 Å². The quantitative estimate of drug-likeness (QED) is 0.861. The molecule has 17 heavy (non-hydrogen) atoms. The van der Waals surface area contributed by atoms with Crippen LogP contribution in [0.2, 0.25) is 0 Å². The van der Waals surface area contributed by atoms with Crippen molar-refractivity contribution in [2.24, 2.45) is 5.14 Å². The zero-order valence-corrected chi connectivity index (χ0v) is 11.3. The average Bonchev–Trinajstić information content (AvgIpc) is 2.15. The summed E-state index contributed by atoms with van der Waals surface area (Å²) in [5.41, 5.74) is 2.14. The van der Waals surface area contributed by atoms with Crippen molar-refractivity contribution < 1.29 is 8.42 Å². The van der Waals surface area contributed by atoms with E-state index in [4.69, 9.17) is 5.14 Å². The first-order valence-electron chi connectivity index (χ1n) is 5.54. The van der Waals surface area contributed by atoms with E-state index in [2.05, 4.69) is 26.1 Å². The lowest BCUT2D eigenvalue weighted by atomic mass is 9.86. The summed E-state index contributed by atoms with van der Waals surface area (Å²) >= 11 is 0. The third-order valence-electron chi connectivity index (χ3n) is 2.44. The fraction of sp³-hybridized carbons (Fsp3) is 0.500. The molecule has 96 valence electrons. The number of nitrogens with one attached hydrogen (secondary N) is 1. The summed E-state index contributed by atoms with van der Waals surface area (Å²) in [5.74, 6) is -0.0640. The van der Waals surface area contributed by atoms with Gasteiger partial charge in [0.2, 0.25) is 10.0 Å². The molecule has 0 aromatic heterocycles. The molecule has 0 unspecified atom stereocenters. The maximum absolute atomic E-state index is 10.8. The summed E-state index contributed by atoms with van der Waals surface area (Å²) in [6.07, 6.45) is 0. The molecule has 0 aliphatic carbocycles. The Morgan fingerprint density at radius 3 is 2.35 bits per heavy atom. The predicted molar refractivity (Wildman–Crippen MR) is 71.6 cm³/mol. The van der Waals surface area contributed by atoms with Crippen LogP contribution in [0.4, 0.5) is 5.69 Å². The van der Waals surface area contributed by atoms with E-state index in [0.29, 0.717) is 6.54 Å². The number of benzene rings is 1. The number of hydrogen-bond donors (Lipinski definition) is 2. The molecule has 0 radical (unpaired) electrons. The maximum atomic E-state index is 10.8. The SMILES string of the molecule is CC(C)(C)c1ccccc1NCCS(N)(=O)=O. The second kappa shape index (κ2) is 5.06. The Kier molecular flexibility index (Phi) is 4.16. The van der Waals surface area contributed by atoms with Gasteiger partial charge in [0.25, 0.3) is 0 Å². The number of primary sulfonamides is 1. The lowest BCUT2D eigenvalue weighted by Gasteiger charge is -2.23. The molecule has 0 aliphatic rings. The molecule has 0 aliphatic heterocycles. The van der Waals surface area contributed by atoms with Gasteiger partial charge >= 0.3 is 0 Å². The first kappa shape index (κ1) is 14.0. The molecular weight excluding hydrogens is 236 g/mol. The predicted octanol–water partition coefficient (Wildman–Crippen LogP) is 1.68. The molecule has 1 rings (SSSR count). The van der Waals surface area contributed by atoms with E-state index in [1.807, 2.05) is 24.3 Å². The van der Waals surface area contributed by atoms with Crippen LogP contribution in [-0.4, -0.2) is 20.7 Å². The molecule has 0 fully saturated rings. The lowest BCUT2D eigenvalue weighted by molar-refractivity contribution is 0.591. The van der Waals surface area contributed by atoms with Gasteiger partial charge < -0.3 is 5.32 Å². The van der Waals surface area contributed by atoms with E-state index in [0.717, 1.165) is 11.3 Å². The van der Waals surface area contributed by atoms with Crippen LogP contribution in [0.1, 0.15) is 26.3 Å². The monoisotopic (exact) mass is 256 g/mol. The second-order valence-electron chi connectivity index (χ2n) is 5.09. The van der Waals surface area contributed by atoms with Gasteiger partial charge in [-0.2, -0.15) is 0 Å². The Balaban J connectivity index is 2.78. The lowest BCUT2D eigenvalue weighted by Crippen LogP contribution is -2.23.